The van der Waals surface area contributed by atoms with Crippen LogP contribution in [-0.4, -0.2) is 22.3 Å². The lowest BCUT2D eigenvalue weighted by molar-refractivity contribution is 0.0697. The third-order valence-corrected chi connectivity index (χ3v) is 3.40. The van der Waals surface area contributed by atoms with E-state index in [4.69, 9.17) is 16.7 Å². The molecule has 0 aliphatic rings. The van der Waals surface area contributed by atoms with E-state index in [0.717, 1.165) is 10.6 Å². The molecule has 2 rings (SSSR count). The van der Waals surface area contributed by atoms with Crippen LogP contribution in [0.2, 0.25) is 5.15 Å². The minimum atomic E-state index is -1.05. The number of hydrogen-bond donors (Lipinski definition) is 2. The molecule has 0 bridgehead atoms. The van der Waals surface area contributed by atoms with Crippen molar-refractivity contribution in [2.75, 3.05) is 11.6 Å². The summed E-state index contributed by atoms with van der Waals surface area (Å²) in [4.78, 5) is 16.2. The van der Waals surface area contributed by atoms with Gasteiger partial charge in [-0.3, -0.25) is 0 Å². The summed E-state index contributed by atoms with van der Waals surface area (Å²) in [6.45, 7) is 0. The highest BCUT2D eigenvalue weighted by Crippen LogP contribution is 2.23. The summed E-state index contributed by atoms with van der Waals surface area (Å²) in [5, 5.41) is 12.3. The molecule has 0 unspecified atom stereocenters. The number of carbonyl (C=O) groups is 1. The van der Waals surface area contributed by atoms with Gasteiger partial charge in [-0.05, 0) is 42.7 Å². The lowest BCUT2D eigenvalue weighted by atomic mass is 10.2. The largest absolute Gasteiger partial charge is 0.478 e. The molecular formula is C13H11ClN2O2S. The van der Waals surface area contributed by atoms with Crippen LogP contribution in [0.1, 0.15) is 10.4 Å². The molecule has 2 N–H and O–H groups in total. The number of thioether (sulfide) groups is 1. The highest BCUT2D eigenvalue weighted by atomic mass is 35.5. The van der Waals surface area contributed by atoms with Crippen LogP contribution in [0.25, 0.3) is 0 Å². The molecule has 0 spiro atoms. The molecule has 0 aliphatic carbocycles. The van der Waals surface area contributed by atoms with E-state index in [1.807, 2.05) is 30.5 Å². The van der Waals surface area contributed by atoms with Crippen LogP contribution >= 0.6 is 23.4 Å². The molecule has 19 heavy (non-hydrogen) atoms. The molecule has 6 heteroatoms. The Morgan fingerprint density at radius 2 is 1.95 bits per heavy atom. The van der Waals surface area contributed by atoms with Gasteiger partial charge in [-0.25, -0.2) is 9.78 Å². The van der Waals surface area contributed by atoms with Crippen molar-refractivity contribution in [2.24, 2.45) is 0 Å². The fourth-order valence-corrected chi connectivity index (χ4v) is 2.07. The first-order valence-corrected chi connectivity index (χ1v) is 7.01. The SMILES string of the molecule is CSc1ccc(Nc2nc(Cl)ccc2C(=O)O)cc1. The van der Waals surface area contributed by atoms with E-state index in [2.05, 4.69) is 10.3 Å². The van der Waals surface area contributed by atoms with Crippen molar-refractivity contribution in [1.82, 2.24) is 4.98 Å². The maximum absolute atomic E-state index is 11.1. The molecule has 0 radical (unpaired) electrons. The number of nitrogens with zero attached hydrogens (tertiary/aromatic N) is 1. The first kappa shape index (κ1) is 13.7. The van der Waals surface area contributed by atoms with Gasteiger partial charge in [-0.15, -0.1) is 11.8 Å². The van der Waals surface area contributed by atoms with E-state index in [1.54, 1.807) is 11.8 Å². The van der Waals surface area contributed by atoms with Crippen molar-refractivity contribution in [3.8, 4) is 0 Å². The number of aromatic carboxylic acids is 1. The summed E-state index contributed by atoms with van der Waals surface area (Å²) < 4.78 is 0. The number of nitrogens with one attached hydrogen (secondary N) is 1. The molecular weight excluding hydrogens is 284 g/mol. The number of anilines is 2. The molecule has 0 atom stereocenters. The van der Waals surface area contributed by atoms with Crippen molar-refractivity contribution >= 4 is 40.8 Å². The lowest BCUT2D eigenvalue weighted by Crippen LogP contribution is -2.04. The fourth-order valence-electron chi connectivity index (χ4n) is 1.51. The molecule has 1 aromatic heterocycles. The van der Waals surface area contributed by atoms with Crippen molar-refractivity contribution in [2.45, 2.75) is 4.90 Å². The summed E-state index contributed by atoms with van der Waals surface area (Å²) in [6, 6.07) is 10.5. The fraction of sp³-hybridized carbons (Fsp3) is 0.0769. The van der Waals surface area contributed by atoms with E-state index in [9.17, 15) is 4.79 Å². The van der Waals surface area contributed by atoms with Crippen molar-refractivity contribution in [3.05, 3.63) is 47.1 Å². The molecule has 0 amide bonds. The number of hydrogen-bond acceptors (Lipinski definition) is 4. The van der Waals surface area contributed by atoms with E-state index >= 15 is 0 Å². The molecule has 0 aliphatic heterocycles. The number of halogens is 1. The Balaban J connectivity index is 2.31. The van der Waals surface area contributed by atoms with Gasteiger partial charge in [-0.1, -0.05) is 11.6 Å². The molecule has 0 fully saturated rings. The lowest BCUT2D eigenvalue weighted by Gasteiger charge is -2.09. The second-order valence-electron chi connectivity index (χ2n) is 3.69. The number of pyridine rings is 1. The van der Waals surface area contributed by atoms with Gasteiger partial charge in [0.2, 0.25) is 0 Å². The molecule has 2 aromatic rings. The topological polar surface area (TPSA) is 62.2 Å². The summed E-state index contributed by atoms with van der Waals surface area (Å²) in [6.07, 6.45) is 1.99. The van der Waals surface area contributed by atoms with Gasteiger partial charge in [0.05, 0.1) is 0 Å². The maximum Gasteiger partial charge on any atom is 0.339 e. The first-order chi connectivity index (χ1) is 9.10. The first-order valence-electron chi connectivity index (χ1n) is 5.41. The zero-order chi connectivity index (χ0) is 13.8. The van der Waals surface area contributed by atoms with Crippen LogP contribution in [0.5, 0.6) is 0 Å². The Morgan fingerprint density at radius 3 is 2.53 bits per heavy atom. The molecule has 1 aromatic carbocycles. The summed E-state index contributed by atoms with van der Waals surface area (Å²) >= 11 is 7.42. The van der Waals surface area contributed by atoms with Gasteiger partial charge in [0.1, 0.15) is 16.5 Å². The molecule has 98 valence electrons. The summed E-state index contributed by atoms with van der Waals surface area (Å²) in [5.74, 6) is -0.815. The predicted molar refractivity (Wildman–Crippen MR) is 77.7 cm³/mol. The quantitative estimate of drug-likeness (QED) is 0.661. The van der Waals surface area contributed by atoms with E-state index < -0.39 is 5.97 Å². The van der Waals surface area contributed by atoms with Crippen LogP contribution < -0.4 is 5.32 Å². The Kier molecular flexibility index (Phi) is 4.29. The second-order valence-corrected chi connectivity index (χ2v) is 4.96. The van der Waals surface area contributed by atoms with Crippen LogP contribution in [0.3, 0.4) is 0 Å². The minimum Gasteiger partial charge on any atom is -0.478 e. The highest BCUT2D eigenvalue weighted by molar-refractivity contribution is 7.98. The number of aromatic nitrogens is 1. The van der Waals surface area contributed by atoms with Gasteiger partial charge in [0, 0.05) is 10.6 Å². The van der Waals surface area contributed by atoms with Crippen LogP contribution in [0, 0.1) is 0 Å². The number of carboxylic acids is 1. The van der Waals surface area contributed by atoms with Crippen LogP contribution in [-0.2, 0) is 0 Å². The zero-order valence-electron chi connectivity index (χ0n) is 10.1. The van der Waals surface area contributed by atoms with Crippen molar-refractivity contribution < 1.29 is 9.90 Å². The molecule has 4 nitrogen and oxygen atoms in total. The summed E-state index contributed by atoms with van der Waals surface area (Å²) in [5.41, 5.74) is 0.841. The minimum absolute atomic E-state index is 0.0818. The van der Waals surface area contributed by atoms with Crippen molar-refractivity contribution in [1.29, 1.82) is 0 Å². The van der Waals surface area contributed by atoms with Gasteiger partial charge >= 0.3 is 5.97 Å². The van der Waals surface area contributed by atoms with E-state index in [0.29, 0.717) is 0 Å². The Bertz CT molecular complexity index is 602. The third-order valence-electron chi connectivity index (χ3n) is 2.44. The molecule has 1 heterocycles. The molecule has 0 saturated heterocycles. The highest BCUT2D eigenvalue weighted by Gasteiger charge is 2.12. The molecule has 0 saturated carbocycles. The second kappa shape index (κ2) is 5.95. The Labute approximate surface area is 119 Å². The van der Waals surface area contributed by atoms with E-state index in [-0.39, 0.29) is 16.5 Å². The van der Waals surface area contributed by atoms with Gasteiger partial charge in [0.15, 0.2) is 0 Å². The summed E-state index contributed by atoms with van der Waals surface area (Å²) in [7, 11) is 0. The van der Waals surface area contributed by atoms with Gasteiger partial charge in [-0.2, -0.15) is 0 Å². The van der Waals surface area contributed by atoms with Crippen molar-refractivity contribution in [3.63, 3.8) is 0 Å². The maximum atomic E-state index is 11.1. The van der Waals surface area contributed by atoms with E-state index in [1.165, 1.54) is 12.1 Å². The normalized spacial score (nSPS) is 10.2. The monoisotopic (exact) mass is 294 g/mol. The average Bonchev–Trinajstić information content (AvgIpc) is 2.39. The predicted octanol–water partition coefficient (Wildman–Crippen LogP) is 3.90. The van der Waals surface area contributed by atoms with Gasteiger partial charge in [0.25, 0.3) is 0 Å². The van der Waals surface area contributed by atoms with Crippen LogP contribution in [0.4, 0.5) is 11.5 Å². The number of rotatable bonds is 4. The smallest absolute Gasteiger partial charge is 0.339 e. The third kappa shape index (κ3) is 3.39. The Morgan fingerprint density at radius 1 is 1.26 bits per heavy atom. The van der Waals surface area contributed by atoms with Gasteiger partial charge < -0.3 is 10.4 Å². The average molecular weight is 295 g/mol. The number of carboxylic acid groups (broad SMARTS) is 1. The number of benzene rings is 1. The zero-order valence-corrected chi connectivity index (χ0v) is 11.6. The Hall–Kier alpha value is -1.72. The van der Waals surface area contributed by atoms with Crippen LogP contribution in [0.15, 0.2) is 41.3 Å². The standard InChI is InChI=1S/C13H11ClN2O2S/c1-19-9-4-2-8(3-5-9)15-12-10(13(17)18)6-7-11(14)16-12/h2-7H,1H3,(H,15,16)(H,17,18).